The van der Waals surface area contributed by atoms with Crippen molar-refractivity contribution in [3.8, 4) is 0 Å². The lowest BCUT2D eigenvalue weighted by Crippen LogP contribution is -3.00. The van der Waals surface area contributed by atoms with Gasteiger partial charge in [0.2, 0.25) is 6.35 Å². The van der Waals surface area contributed by atoms with Gasteiger partial charge in [0, 0.05) is 6.42 Å². The first kappa shape index (κ1) is 24.7. The maximum atomic E-state index is 12.6. The molecule has 31 heavy (non-hydrogen) atoms. The fourth-order valence-electron chi connectivity index (χ4n) is 3.38. The predicted octanol–water partition coefficient (Wildman–Crippen LogP) is -0.323. The number of benzene rings is 3. The van der Waals surface area contributed by atoms with E-state index in [1.54, 1.807) is 0 Å². The average Bonchev–Trinajstić information content (AvgIpc) is 2.80. The first-order chi connectivity index (χ1) is 14.5. The zero-order chi connectivity index (χ0) is 21.4. The molecule has 3 rings (SSSR count). The Balaban J connectivity index is 0.00000341. The van der Waals surface area contributed by atoms with Gasteiger partial charge in [0.25, 0.3) is 0 Å². The number of hydrogen-bond acceptors (Lipinski definition) is 4. The Bertz CT molecular complexity index is 874. The van der Waals surface area contributed by atoms with Crippen LogP contribution in [0.4, 0.5) is 0 Å². The van der Waals surface area contributed by atoms with Gasteiger partial charge in [0.05, 0.1) is 0 Å². The minimum atomic E-state index is -2.30. The molecule has 3 aromatic carbocycles. The molecular formula is C24H25BrNO4P. The van der Waals surface area contributed by atoms with Gasteiger partial charge in [-0.1, -0.05) is 54.6 Å². The van der Waals surface area contributed by atoms with Crippen molar-refractivity contribution in [1.82, 2.24) is 0 Å². The second-order valence-electron chi connectivity index (χ2n) is 6.95. The van der Waals surface area contributed by atoms with Crippen molar-refractivity contribution in [1.29, 1.82) is 0 Å². The highest BCUT2D eigenvalue weighted by atomic mass is 79.9. The Labute approximate surface area is 193 Å². The van der Waals surface area contributed by atoms with Crippen molar-refractivity contribution in [2.75, 3.05) is 6.35 Å². The van der Waals surface area contributed by atoms with Crippen molar-refractivity contribution in [2.24, 2.45) is 5.73 Å². The molecule has 0 aromatic heterocycles. The van der Waals surface area contributed by atoms with Gasteiger partial charge < -0.3 is 32.6 Å². The van der Waals surface area contributed by atoms with Crippen LogP contribution in [-0.2, 0) is 14.3 Å². The molecule has 0 bridgehead atoms. The zero-order valence-corrected chi connectivity index (χ0v) is 19.4. The highest BCUT2D eigenvalue weighted by Gasteiger charge is 2.47. The summed E-state index contributed by atoms with van der Waals surface area (Å²) >= 11 is 0. The molecule has 3 aromatic rings. The summed E-state index contributed by atoms with van der Waals surface area (Å²) in [5.74, 6) is -1.57. The number of rotatable bonds is 9. The summed E-state index contributed by atoms with van der Waals surface area (Å²) in [6.07, 6.45) is 0.0267. The van der Waals surface area contributed by atoms with Crippen molar-refractivity contribution in [3.05, 3.63) is 91.0 Å². The van der Waals surface area contributed by atoms with E-state index in [1.165, 1.54) is 0 Å². The highest BCUT2D eigenvalue weighted by Crippen LogP contribution is 2.55. The van der Waals surface area contributed by atoms with Crippen LogP contribution in [0.15, 0.2) is 91.0 Å². The number of hydrogen-bond donors (Lipinski definition) is 2. The quantitative estimate of drug-likeness (QED) is 0.309. The van der Waals surface area contributed by atoms with Crippen LogP contribution in [0.5, 0.6) is 0 Å². The van der Waals surface area contributed by atoms with Crippen LogP contribution in [0.1, 0.15) is 12.8 Å². The Kier molecular flexibility index (Phi) is 9.38. The Morgan fingerprint density at radius 2 is 1.19 bits per heavy atom. The van der Waals surface area contributed by atoms with Crippen molar-refractivity contribution in [3.63, 3.8) is 0 Å². The van der Waals surface area contributed by atoms with Crippen LogP contribution in [-0.4, -0.2) is 29.4 Å². The van der Waals surface area contributed by atoms with E-state index < -0.39 is 25.2 Å². The van der Waals surface area contributed by atoms with Crippen LogP contribution in [0.2, 0.25) is 0 Å². The van der Waals surface area contributed by atoms with E-state index in [-0.39, 0.29) is 36.2 Å². The first-order valence-electron chi connectivity index (χ1n) is 9.73. The first-order valence-corrected chi connectivity index (χ1v) is 11.7. The molecule has 5 nitrogen and oxygen atoms in total. The summed E-state index contributed by atoms with van der Waals surface area (Å²) in [6.45, 7) is 0. The minimum Gasteiger partial charge on any atom is -1.00 e. The van der Waals surface area contributed by atoms with Gasteiger partial charge in [-0.05, 0) is 42.8 Å². The monoisotopic (exact) mass is 501 g/mol. The highest BCUT2D eigenvalue weighted by molar-refractivity contribution is 7.95. The second kappa shape index (κ2) is 11.8. The number of halogens is 1. The van der Waals surface area contributed by atoms with Crippen molar-refractivity contribution >= 4 is 35.1 Å². The third-order valence-corrected chi connectivity index (χ3v) is 9.02. The lowest BCUT2D eigenvalue weighted by molar-refractivity contribution is -0.143. The molecule has 0 aliphatic carbocycles. The van der Waals surface area contributed by atoms with E-state index in [4.69, 9.17) is 15.6 Å². The van der Waals surface area contributed by atoms with Crippen LogP contribution < -0.4 is 38.6 Å². The zero-order valence-electron chi connectivity index (χ0n) is 16.9. The van der Waals surface area contributed by atoms with Gasteiger partial charge >= 0.3 is 11.9 Å². The van der Waals surface area contributed by atoms with Crippen molar-refractivity contribution < 1.29 is 36.4 Å². The van der Waals surface area contributed by atoms with Gasteiger partial charge in [-0.2, -0.15) is 0 Å². The van der Waals surface area contributed by atoms with Crippen LogP contribution in [0.25, 0.3) is 0 Å². The predicted molar refractivity (Wildman–Crippen MR) is 121 cm³/mol. The van der Waals surface area contributed by atoms with Crippen LogP contribution in [0, 0.1) is 0 Å². The largest absolute Gasteiger partial charge is 1.00 e. The molecule has 0 aliphatic rings. The number of esters is 1. The molecule has 3 N–H and O–H groups in total. The summed E-state index contributed by atoms with van der Waals surface area (Å²) < 4.78 is 5.76. The lowest BCUT2D eigenvalue weighted by Gasteiger charge is -2.27. The van der Waals surface area contributed by atoms with Crippen molar-refractivity contribution in [2.45, 2.75) is 18.9 Å². The fraction of sp³-hybridized carbons (Fsp3) is 0.167. The fourth-order valence-corrected chi connectivity index (χ4v) is 7.09. The molecule has 1 unspecified atom stereocenters. The Morgan fingerprint density at radius 1 is 0.806 bits per heavy atom. The van der Waals surface area contributed by atoms with Gasteiger partial charge in [-0.15, -0.1) is 0 Å². The molecule has 0 spiro atoms. The number of carbonyl (C=O) groups is 2. The Morgan fingerprint density at radius 3 is 1.55 bits per heavy atom. The summed E-state index contributed by atoms with van der Waals surface area (Å²) in [7, 11) is -2.30. The van der Waals surface area contributed by atoms with Gasteiger partial charge in [-0.3, -0.25) is 9.59 Å². The third kappa shape index (κ3) is 6.01. The molecule has 0 aliphatic heterocycles. The lowest BCUT2D eigenvalue weighted by atomic mass is 10.2. The summed E-state index contributed by atoms with van der Waals surface area (Å²) in [6, 6.07) is 29.2. The molecule has 0 fully saturated rings. The summed E-state index contributed by atoms with van der Waals surface area (Å²) in [5, 5.41) is 12.1. The molecule has 0 saturated heterocycles. The summed E-state index contributed by atoms with van der Waals surface area (Å²) in [4.78, 5) is 23.4. The number of carboxylic acids is 1. The smallest absolute Gasteiger partial charge is 0.325 e. The molecule has 0 amide bonds. The van der Waals surface area contributed by atoms with Gasteiger partial charge in [-0.25, -0.2) is 0 Å². The number of carbonyl (C=O) groups excluding carboxylic acids is 1. The molecule has 0 radical (unpaired) electrons. The SMILES string of the molecule is NC(CCC(=O)O)C(=O)OC[P+](c1ccccc1)(c1ccccc1)c1ccccc1.[Br-]. The van der Waals surface area contributed by atoms with Gasteiger partial charge in [0.15, 0.2) is 7.26 Å². The van der Waals surface area contributed by atoms with Gasteiger partial charge in [0.1, 0.15) is 22.0 Å². The third-order valence-electron chi connectivity index (χ3n) is 4.96. The number of carboxylic acid groups (broad SMARTS) is 1. The Hall–Kier alpha value is -2.53. The maximum Gasteiger partial charge on any atom is 0.325 e. The molecule has 1 atom stereocenters. The van der Waals surface area contributed by atoms with E-state index in [2.05, 4.69) is 36.4 Å². The van der Waals surface area contributed by atoms with E-state index in [1.807, 2.05) is 54.6 Å². The normalized spacial score (nSPS) is 11.8. The second-order valence-corrected chi connectivity index (χ2v) is 10.4. The average molecular weight is 502 g/mol. The van der Waals surface area contributed by atoms with E-state index in [0.29, 0.717) is 0 Å². The van der Waals surface area contributed by atoms with E-state index >= 15 is 0 Å². The molecular weight excluding hydrogens is 477 g/mol. The van der Waals surface area contributed by atoms with E-state index in [9.17, 15) is 9.59 Å². The topological polar surface area (TPSA) is 89.6 Å². The number of aliphatic carboxylic acids is 1. The summed E-state index contributed by atoms with van der Waals surface area (Å²) in [5.41, 5.74) is 5.89. The number of ether oxygens (including phenoxy) is 1. The van der Waals surface area contributed by atoms with Crippen LogP contribution >= 0.6 is 7.26 Å². The minimum absolute atomic E-state index is 0. The van der Waals surface area contributed by atoms with Crippen LogP contribution in [0.3, 0.4) is 0 Å². The molecule has 0 heterocycles. The molecule has 7 heteroatoms. The number of nitrogens with two attached hydrogens (primary N) is 1. The maximum absolute atomic E-state index is 12.6. The standard InChI is InChI=1S/C24H24NO4P.BrH/c25-22(16-17-23(26)27)24(28)29-18-30(19-10-4-1-5-11-19,20-12-6-2-7-13-20)21-14-8-3-9-15-21;/h1-15,22H,16-18,25H2;1H. The molecule has 0 saturated carbocycles. The molecule has 162 valence electrons. The van der Waals surface area contributed by atoms with E-state index in [0.717, 1.165) is 15.9 Å².